The fourth-order valence-corrected chi connectivity index (χ4v) is 1.75. The van der Waals surface area contributed by atoms with Crippen molar-refractivity contribution in [1.82, 2.24) is 0 Å². The van der Waals surface area contributed by atoms with Gasteiger partial charge in [-0.15, -0.1) is 0 Å². The SMILES string of the molecule is CC[C@@H](N)c1ccc(Br)cc1C. The molecule has 1 aromatic carbocycles. The number of hydrogen-bond acceptors (Lipinski definition) is 1. The van der Waals surface area contributed by atoms with E-state index in [4.69, 9.17) is 5.73 Å². The Morgan fingerprint density at radius 2 is 2.17 bits per heavy atom. The smallest absolute Gasteiger partial charge is 0.0294 e. The van der Waals surface area contributed by atoms with Crippen LogP contribution in [0.2, 0.25) is 0 Å². The molecule has 0 aromatic heterocycles. The number of benzene rings is 1. The lowest BCUT2D eigenvalue weighted by Gasteiger charge is -2.12. The summed E-state index contributed by atoms with van der Waals surface area (Å²) in [6.45, 7) is 4.20. The minimum atomic E-state index is 0.179. The summed E-state index contributed by atoms with van der Waals surface area (Å²) in [7, 11) is 0. The molecule has 0 spiro atoms. The molecule has 0 bridgehead atoms. The van der Waals surface area contributed by atoms with Crippen molar-refractivity contribution < 1.29 is 0 Å². The van der Waals surface area contributed by atoms with Crippen LogP contribution in [0.1, 0.15) is 30.5 Å². The Balaban J connectivity index is 3.01. The predicted molar refractivity (Wildman–Crippen MR) is 56.1 cm³/mol. The number of aryl methyl sites for hydroxylation is 1. The molecule has 1 aromatic rings. The molecule has 0 aliphatic carbocycles. The first-order valence-corrected chi connectivity index (χ1v) is 4.96. The molecule has 66 valence electrons. The van der Waals surface area contributed by atoms with Crippen LogP contribution in [0.5, 0.6) is 0 Å². The Labute approximate surface area is 82.1 Å². The monoisotopic (exact) mass is 227 g/mol. The molecule has 0 aliphatic heterocycles. The lowest BCUT2D eigenvalue weighted by atomic mass is 10.0. The van der Waals surface area contributed by atoms with E-state index in [1.54, 1.807) is 0 Å². The van der Waals surface area contributed by atoms with Crippen molar-refractivity contribution in [2.75, 3.05) is 0 Å². The Kier molecular flexibility index (Phi) is 3.29. The van der Waals surface area contributed by atoms with Crippen LogP contribution in [0, 0.1) is 6.92 Å². The Morgan fingerprint density at radius 3 is 2.67 bits per heavy atom. The first kappa shape index (κ1) is 9.75. The van der Waals surface area contributed by atoms with Crippen LogP contribution < -0.4 is 5.73 Å². The second-order valence-corrected chi connectivity index (χ2v) is 3.93. The van der Waals surface area contributed by atoms with Crippen LogP contribution in [0.15, 0.2) is 22.7 Å². The van der Waals surface area contributed by atoms with Crippen molar-refractivity contribution in [2.45, 2.75) is 26.3 Å². The third-order valence-electron chi connectivity index (χ3n) is 2.07. The molecule has 1 nitrogen and oxygen atoms in total. The average molecular weight is 228 g/mol. The number of halogens is 1. The largest absolute Gasteiger partial charge is 0.324 e. The van der Waals surface area contributed by atoms with Gasteiger partial charge in [0.1, 0.15) is 0 Å². The van der Waals surface area contributed by atoms with Crippen LogP contribution in [0.4, 0.5) is 0 Å². The zero-order chi connectivity index (χ0) is 9.14. The summed E-state index contributed by atoms with van der Waals surface area (Å²) in [5, 5.41) is 0. The Bertz CT molecular complexity index is 271. The standard InChI is InChI=1S/C10H14BrN/c1-3-10(12)9-5-4-8(11)6-7(9)2/h4-6,10H,3,12H2,1-2H3/t10-/m1/s1. The highest BCUT2D eigenvalue weighted by atomic mass is 79.9. The van der Waals surface area contributed by atoms with Crippen molar-refractivity contribution in [3.05, 3.63) is 33.8 Å². The third kappa shape index (κ3) is 2.08. The molecule has 1 atom stereocenters. The summed E-state index contributed by atoms with van der Waals surface area (Å²) in [6.07, 6.45) is 0.989. The van der Waals surface area contributed by atoms with E-state index in [1.807, 2.05) is 6.07 Å². The van der Waals surface area contributed by atoms with E-state index in [-0.39, 0.29) is 6.04 Å². The molecule has 0 saturated heterocycles. The molecular formula is C10H14BrN. The average Bonchev–Trinajstić information content (AvgIpc) is 2.03. The molecule has 0 fully saturated rings. The van der Waals surface area contributed by atoms with Crippen molar-refractivity contribution >= 4 is 15.9 Å². The fraction of sp³-hybridized carbons (Fsp3) is 0.400. The van der Waals surface area contributed by atoms with Crippen LogP contribution in [-0.4, -0.2) is 0 Å². The van der Waals surface area contributed by atoms with Gasteiger partial charge in [0.25, 0.3) is 0 Å². The summed E-state index contributed by atoms with van der Waals surface area (Å²) >= 11 is 3.43. The molecule has 2 N–H and O–H groups in total. The minimum Gasteiger partial charge on any atom is -0.324 e. The third-order valence-corrected chi connectivity index (χ3v) is 2.56. The zero-order valence-electron chi connectivity index (χ0n) is 7.47. The lowest BCUT2D eigenvalue weighted by Crippen LogP contribution is -2.09. The van der Waals surface area contributed by atoms with Crippen LogP contribution in [0.25, 0.3) is 0 Å². The molecular weight excluding hydrogens is 214 g/mol. The van der Waals surface area contributed by atoms with Gasteiger partial charge in [-0.3, -0.25) is 0 Å². The van der Waals surface area contributed by atoms with Gasteiger partial charge in [-0.05, 0) is 36.6 Å². The summed E-state index contributed by atoms with van der Waals surface area (Å²) < 4.78 is 1.12. The highest BCUT2D eigenvalue weighted by molar-refractivity contribution is 9.10. The molecule has 12 heavy (non-hydrogen) atoms. The molecule has 1 rings (SSSR count). The van der Waals surface area contributed by atoms with E-state index in [0.29, 0.717) is 0 Å². The van der Waals surface area contributed by atoms with Crippen molar-refractivity contribution in [2.24, 2.45) is 5.73 Å². The van der Waals surface area contributed by atoms with Gasteiger partial charge < -0.3 is 5.73 Å². The summed E-state index contributed by atoms with van der Waals surface area (Å²) in [5.41, 5.74) is 8.44. The summed E-state index contributed by atoms with van der Waals surface area (Å²) in [4.78, 5) is 0. The van der Waals surface area contributed by atoms with E-state index in [0.717, 1.165) is 10.9 Å². The number of hydrogen-bond donors (Lipinski definition) is 1. The molecule has 0 heterocycles. The molecule has 0 radical (unpaired) electrons. The summed E-state index contributed by atoms with van der Waals surface area (Å²) in [5.74, 6) is 0. The van der Waals surface area contributed by atoms with Crippen LogP contribution >= 0.6 is 15.9 Å². The van der Waals surface area contributed by atoms with Gasteiger partial charge >= 0.3 is 0 Å². The van der Waals surface area contributed by atoms with Crippen LogP contribution in [-0.2, 0) is 0 Å². The predicted octanol–water partition coefficient (Wildman–Crippen LogP) is 3.17. The van der Waals surface area contributed by atoms with Crippen molar-refractivity contribution in [3.63, 3.8) is 0 Å². The van der Waals surface area contributed by atoms with Crippen molar-refractivity contribution in [3.8, 4) is 0 Å². The van der Waals surface area contributed by atoms with Gasteiger partial charge in [-0.2, -0.15) is 0 Å². The number of rotatable bonds is 2. The van der Waals surface area contributed by atoms with Gasteiger partial charge in [0, 0.05) is 10.5 Å². The summed E-state index contributed by atoms with van der Waals surface area (Å²) in [6, 6.07) is 6.41. The maximum absolute atomic E-state index is 5.93. The quantitative estimate of drug-likeness (QED) is 0.826. The maximum Gasteiger partial charge on any atom is 0.0294 e. The van der Waals surface area contributed by atoms with Gasteiger partial charge in [0.05, 0.1) is 0 Å². The first-order valence-electron chi connectivity index (χ1n) is 4.16. The molecule has 0 saturated carbocycles. The Morgan fingerprint density at radius 1 is 1.50 bits per heavy atom. The molecule has 0 amide bonds. The molecule has 2 heteroatoms. The second kappa shape index (κ2) is 4.06. The van der Waals surface area contributed by atoms with E-state index < -0.39 is 0 Å². The zero-order valence-corrected chi connectivity index (χ0v) is 9.06. The molecule has 0 aliphatic rings. The number of nitrogens with two attached hydrogens (primary N) is 1. The fourth-order valence-electron chi connectivity index (χ4n) is 1.28. The van der Waals surface area contributed by atoms with Gasteiger partial charge in [0.2, 0.25) is 0 Å². The van der Waals surface area contributed by atoms with E-state index in [2.05, 4.69) is 41.9 Å². The molecule has 0 unspecified atom stereocenters. The van der Waals surface area contributed by atoms with Gasteiger partial charge in [-0.25, -0.2) is 0 Å². The minimum absolute atomic E-state index is 0.179. The van der Waals surface area contributed by atoms with Gasteiger partial charge in [0.15, 0.2) is 0 Å². The topological polar surface area (TPSA) is 26.0 Å². The van der Waals surface area contributed by atoms with E-state index in [1.165, 1.54) is 11.1 Å². The maximum atomic E-state index is 5.93. The first-order chi connectivity index (χ1) is 5.65. The normalized spacial score (nSPS) is 13.0. The van der Waals surface area contributed by atoms with Gasteiger partial charge in [-0.1, -0.05) is 28.9 Å². The van der Waals surface area contributed by atoms with E-state index in [9.17, 15) is 0 Å². The van der Waals surface area contributed by atoms with E-state index >= 15 is 0 Å². The van der Waals surface area contributed by atoms with Crippen LogP contribution in [0.3, 0.4) is 0 Å². The second-order valence-electron chi connectivity index (χ2n) is 3.02. The highest BCUT2D eigenvalue weighted by Crippen LogP contribution is 2.21. The van der Waals surface area contributed by atoms with Crippen molar-refractivity contribution in [1.29, 1.82) is 0 Å². The Hall–Kier alpha value is -0.340. The lowest BCUT2D eigenvalue weighted by molar-refractivity contribution is 0.694. The highest BCUT2D eigenvalue weighted by Gasteiger charge is 2.05.